The number of hydrogen-bond donors (Lipinski definition) is 1. The van der Waals surface area contributed by atoms with Gasteiger partial charge in [-0.1, -0.05) is 12.1 Å². The standard InChI is InChI=1S/C16H19N3O.ClH/c1-12(14-7-9-18-10-8-14)19(2)16(20)11-13-3-5-15(17)6-4-13;/h3-10,12H,11,17H2,1-2H3;1H. The van der Waals surface area contributed by atoms with Gasteiger partial charge in [0.05, 0.1) is 12.5 Å². The van der Waals surface area contributed by atoms with Gasteiger partial charge in [-0.15, -0.1) is 12.4 Å². The van der Waals surface area contributed by atoms with Crippen LogP contribution in [0.1, 0.15) is 24.1 Å². The van der Waals surface area contributed by atoms with Crippen molar-refractivity contribution in [3.63, 3.8) is 0 Å². The van der Waals surface area contributed by atoms with E-state index in [1.54, 1.807) is 17.3 Å². The maximum Gasteiger partial charge on any atom is 0.227 e. The van der Waals surface area contributed by atoms with Crippen molar-refractivity contribution in [2.75, 3.05) is 12.8 Å². The minimum Gasteiger partial charge on any atom is -0.399 e. The number of amides is 1. The summed E-state index contributed by atoms with van der Waals surface area (Å²) in [4.78, 5) is 18.0. The molecule has 2 N–H and O–H groups in total. The van der Waals surface area contributed by atoms with Gasteiger partial charge in [-0.2, -0.15) is 0 Å². The third-order valence-electron chi connectivity index (χ3n) is 3.50. The van der Waals surface area contributed by atoms with Crippen LogP contribution in [0.25, 0.3) is 0 Å². The Morgan fingerprint density at radius 1 is 1.19 bits per heavy atom. The van der Waals surface area contributed by atoms with Crippen LogP contribution in [-0.4, -0.2) is 22.8 Å². The molecule has 1 heterocycles. The van der Waals surface area contributed by atoms with E-state index in [-0.39, 0.29) is 24.4 Å². The topological polar surface area (TPSA) is 59.2 Å². The first-order valence-corrected chi connectivity index (χ1v) is 6.58. The molecule has 4 nitrogen and oxygen atoms in total. The summed E-state index contributed by atoms with van der Waals surface area (Å²) in [6.45, 7) is 2.01. The van der Waals surface area contributed by atoms with Crippen LogP contribution in [0.4, 0.5) is 5.69 Å². The van der Waals surface area contributed by atoms with Gasteiger partial charge < -0.3 is 10.6 Å². The fourth-order valence-electron chi connectivity index (χ4n) is 2.02. The van der Waals surface area contributed by atoms with Crippen LogP contribution in [0, 0.1) is 0 Å². The summed E-state index contributed by atoms with van der Waals surface area (Å²) in [5, 5.41) is 0. The van der Waals surface area contributed by atoms with E-state index in [9.17, 15) is 4.79 Å². The molecule has 0 aliphatic heterocycles. The Hall–Kier alpha value is -2.07. The Morgan fingerprint density at radius 3 is 2.33 bits per heavy atom. The lowest BCUT2D eigenvalue weighted by Gasteiger charge is -2.25. The third-order valence-corrected chi connectivity index (χ3v) is 3.50. The third kappa shape index (κ3) is 4.46. The Labute approximate surface area is 131 Å². The summed E-state index contributed by atoms with van der Waals surface area (Å²) in [5.74, 6) is 0.0825. The van der Waals surface area contributed by atoms with Gasteiger partial charge in [-0.3, -0.25) is 9.78 Å². The summed E-state index contributed by atoms with van der Waals surface area (Å²) in [7, 11) is 1.82. The van der Waals surface area contributed by atoms with Crippen molar-refractivity contribution in [3.05, 3.63) is 59.9 Å². The molecule has 1 amide bonds. The maximum atomic E-state index is 12.3. The second kappa shape index (κ2) is 7.64. The van der Waals surface area contributed by atoms with Crippen LogP contribution in [-0.2, 0) is 11.2 Å². The Bertz CT molecular complexity index is 572. The number of carbonyl (C=O) groups is 1. The number of nitrogens with two attached hydrogens (primary N) is 1. The summed E-state index contributed by atoms with van der Waals surface area (Å²) in [5.41, 5.74) is 8.40. The second-order valence-corrected chi connectivity index (χ2v) is 4.88. The summed E-state index contributed by atoms with van der Waals surface area (Å²) >= 11 is 0. The van der Waals surface area contributed by atoms with Crippen LogP contribution in [0.15, 0.2) is 48.8 Å². The molecule has 0 aliphatic carbocycles. The van der Waals surface area contributed by atoms with Gasteiger partial charge in [-0.05, 0) is 42.3 Å². The van der Waals surface area contributed by atoms with Crippen molar-refractivity contribution in [2.24, 2.45) is 0 Å². The molecule has 0 radical (unpaired) electrons. The first-order valence-electron chi connectivity index (χ1n) is 6.58. The first-order chi connectivity index (χ1) is 9.58. The molecule has 1 atom stereocenters. The zero-order valence-corrected chi connectivity index (χ0v) is 13.0. The number of hydrogen-bond acceptors (Lipinski definition) is 3. The lowest BCUT2D eigenvalue weighted by molar-refractivity contribution is -0.131. The predicted molar refractivity (Wildman–Crippen MR) is 87.2 cm³/mol. The molecule has 0 saturated carbocycles. The number of likely N-dealkylation sites (N-methyl/N-ethyl adjacent to an activating group) is 1. The van der Waals surface area contributed by atoms with E-state index in [2.05, 4.69) is 4.98 Å². The van der Waals surface area contributed by atoms with Crippen molar-refractivity contribution in [1.82, 2.24) is 9.88 Å². The SMILES string of the molecule is CC(c1ccncc1)N(C)C(=O)Cc1ccc(N)cc1.Cl. The summed E-state index contributed by atoms with van der Waals surface area (Å²) in [6.07, 6.45) is 3.86. The summed E-state index contributed by atoms with van der Waals surface area (Å²) in [6, 6.07) is 11.3. The van der Waals surface area contributed by atoms with Crippen molar-refractivity contribution < 1.29 is 4.79 Å². The molecule has 2 rings (SSSR count). The monoisotopic (exact) mass is 305 g/mol. The van der Waals surface area contributed by atoms with Gasteiger partial charge in [0.25, 0.3) is 0 Å². The van der Waals surface area contributed by atoms with Crippen LogP contribution < -0.4 is 5.73 Å². The molecular formula is C16H20ClN3O. The number of anilines is 1. The van der Waals surface area contributed by atoms with E-state index < -0.39 is 0 Å². The molecule has 1 aromatic carbocycles. The van der Waals surface area contributed by atoms with Gasteiger partial charge in [0.15, 0.2) is 0 Å². The van der Waals surface area contributed by atoms with Gasteiger partial charge >= 0.3 is 0 Å². The predicted octanol–water partition coefficient (Wildman–Crippen LogP) is 2.85. The van der Waals surface area contributed by atoms with E-state index in [0.717, 1.165) is 11.1 Å². The molecule has 1 aromatic heterocycles. The van der Waals surface area contributed by atoms with Crippen LogP contribution in [0.3, 0.4) is 0 Å². The minimum atomic E-state index is 0. The van der Waals surface area contributed by atoms with E-state index in [1.807, 2.05) is 50.4 Å². The lowest BCUT2D eigenvalue weighted by Crippen LogP contribution is -2.30. The lowest BCUT2D eigenvalue weighted by atomic mass is 10.1. The number of pyridine rings is 1. The Morgan fingerprint density at radius 2 is 1.76 bits per heavy atom. The van der Waals surface area contributed by atoms with E-state index in [4.69, 9.17) is 5.73 Å². The average Bonchev–Trinajstić information content (AvgIpc) is 2.49. The van der Waals surface area contributed by atoms with Crippen molar-refractivity contribution in [1.29, 1.82) is 0 Å². The normalized spacial score (nSPS) is 11.3. The van der Waals surface area contributed by atoms with Crippen molar-refractivity contribution in [2.45, 2.75) is 19.4 Å². The van der Waals surface area contributed by atoms with Gasteiger partial charge in [0.2, 0.25) is 5.91 Å². The molecule has 0 bridgehead atoms. The number of benzene rings is 1. The van der Waals surface area contributed by atoms with Crippen molar-refractivity contribution >= 4 is 24.0 Å². The Balaban J connectivity index is 0.00000220. The minimum absolute atomic E-state index is 0. The first kappa shape index (κ1) is 17.0. The van der Waals surface area contributed by atoms with Crippen LogP contribution in [0.2, 0.25) is 0 Å². The molecule has 5 heteroatoms. The molecule has 0 aliphatic rings. The van der Waals surface area contributed by atoms with Gasteiger partial charge in [0.1, 0.15) is 0 Å². The molecule has 0 fully saturated rings. The zero-order valence-electron chi connectivity index (χ0n) is 12.2. The molecule has 1 unspecified atom stereocenters. The quantitative estimate of drug-likeness (QED) is 0.884. The number of aromatic nitrogens is 1. The molecular weight excluding hydrogens is 286 g/mol. The van der Waals surface area contributed by atoms with E-state index in [1.165, 1.54) is 0 Å². The van der Waals surface area contributed by atoms with Crippen LogP contribution in [0.5, 0.6) is 0 Å². The zero-order chi connectivity index (χ0) is 14.5. The molecule has 112 valence electrons. The fraction of sp³-hybridized carbons (Fsp3) is 0.250. The summed E-state index contributed by atoms with van der Waals surface area (Å²) < 4.78 is 0. The fourth-order valence-corrected chi connectivity index (χ4v) is 2.02. The maximum absolute atomic E-state index is 12.3. The number of nitrogen functional groups attached to an aromatic ring is 1. The number of carbonyl (C=O) groups excluding carboxylic acids is 1. The highest BCUT2D eigenvalue weighted by Crippen LogP contribution is 2.18. The molecule has 0 saturated heterocycles. The van der Waals surface area contributed by atoms with Crippen LogP contribution >= 0.6 is 12.4 Å². The smallest absolute Gasteiger partial charge is 0.227 e. The van der Waals surface area contributed by atoms with Gasteiger partial charge in [-0.25, -0.2) is 0 Å². The highest BCUT2D eigenvalue weighted by atomic mass is 35.5. The average molecular weight is 306 g/mol. The highest BCUT2D eigenvalue weighted by Gasteiger charge is 2.17. The molecule has 21 heavy (non-hydrogen) atoms. The molecule has 0 spiro atoms. The van der Waals surface area contributed by atoms with E-state index >= 15 is 0 Å². The molecule has 2 aromatic rings. The second-order valence-electron chi connectivity index (χ2n) is 4.88. The number of rotatable bonds is 4. The van der Waals surface area contributed by atoms with Gasteiger partial charge in [0, 0.05) is 25.1 Å². The van der Waals surface area contributed by atoms with Crippen molar-refractivity contribution in [3.8, 4) is 0 Å². The largest absolute Gasteiger partial charge is 0.399 e. The Kier molecular flexibility index (Phi) is 6.18. The number of nitrogens with zero attached hydrogens (tertiary/aromatic N) is 2. The van der Waals surface area contributed by atoms with E-state index in [0.29, 0.717) is 12.1 Å². The highest BCUT2D eigenvalue weighted by molar-refractivity contribution is 5.85. The number of halogens is 1.